The highest BCUT2D eigenvalue weighted by molar-refractivity contribution is 6.09. The van der Waals surface area contributed by atoms with Gasteiger partial charge in [-0.15, -0.1) is 0 Å². The molecule has 3 amide bonds. The summed E-state index contributed by atoms with van der Waals surface area (Å²) in [6.07, 6.45) is 4.24. The third-order valence-corrected chi connectivity index (χ3v) is 6.58. The van der Waals surface area contributed by atoms with E-state index in [1.807, 2.05) is 25.1 Å². The second-order valence-corrected chi connectivity index (χ2v) is 9.85. The molecule has 0 atom stereocenters. The Bertz CT molecular complexity index is 1250. The van der Waals surface area contributed by atoms with Crippen LogP contribution in [0.5, 0.6) is 0 Å². The number of carbonyl (C=O) groups excluding carboxylic acids is 3. The summed E-state index contributed by atoms with van der Waals surface area (Å²) in [5, 5.41) is 22.0. The number of carbonyl (C=O) groups is 4. The van der Waals surface area contributed by atoms with Crippen LogP contribution < -0.4 is 21.3 Å². The van der Waals surface area contributed by atoms with Crippen molar-refractivity contribution in [2.75, 3.05) is 29.9 Å². The zero-order chi connectivity index (χ0) is 29.1. The van der Waals surface area contributed by atoms with Gasteiger partial charge in [-0.25, -0.2) is 0 Å². The molecule has 40 heavy (non-hydrogen) atoms. The number of rotatable bonds is 14. The Morgan fingerprint density at radius 3 is 2.58 bits per heavy atom. The average molecular weight is 551 g/mol. The highest BCUT2D eigenvalue weighted by Crippen LogP contribution is 2.29. The average Bonchev–Trinajstić information content (AvgIpc) is 2.99. The summed E-state index contributed by atoms with van der Waals surface area (Å²) in [5.41, 5.74) is 8.50. The Balaban J connectivity index is 1.84. The van der Waals surface area contributed by atoms with Crippen LogP contribution in [0.25, 0.3) is 0 Å². The lowest BCUT2D eigenvalue weighted by Gasteiger charge is -2.23. The van der Waals surface area contributed by atoms with E-state index in [1.54, 1.807) is 29.2 Å². The Hall–Kier alpha value is -4.41. The maximum atomic E-state index is 13.5. The maximum Gasteiger partial charge on any atom is 0.305 e. The molecule has 0 saturated heterocycles. The number of fused-ring (bicyclic) bond motifs is 1. The van der Waals surface area contributed by atoms with Crippen molar-refractivity contribution >= 4 is 41.0 Å². The van der Waals surface area contributed by atoms with Crippen molar-refractivity contribution in [2.24, 2.45) is 5.73 Å². The standard InChI is InChI=1S/C29H38N6O5/c1-2-7-25(36)33-22-10-6-9-21(16-22)18-35-24-12-11-20(8-4-3-5-14-32-29(30)31)17-23(24)28(40)34(19-26(35)37)15-13-27(38)39/h6,9-12,16-17H,2-5,7-8,13-15,18-19H2,1H3,(H,33,36)(H,38,39)(H4,30,31,32). The number of unbranched alkanes of at least 4 members (excludes halogenated alkanes) is 2. The number of nitrogens with one attached hydrogen (secondary N) is 3. The third-order valence-electron chi connectivity index (χ3n) is 6.58. The fourth-order valence-electron chi connectivity index (χ4n) is 4.59. The van der Waals surface area contributed by atoms with Crippen LogP contribution in [0.3, 0.4) is 0 Å². The zero-order valence-electron chi connectivity index (χ0n) is 22.9. The summed E-state index contributed by atoms with van der Waals surface area (Å²) in [5.74, 6) is -1.87. The molecule has 0 aromatic heterocycles. The maximum absolute atomic E-state index is 13.5. The molecule has 6 N–H and O–H groups in total. The fraction of sp³-hybridized carbons (Fsp3) is 0.414. The van der Waals surface area contributed by atoms with Gasteiger partial charge < -0.3 is 31.3 Å². The van der Waals surface area contributed by atoms with E-state index in [0.29, 0.717) is 29.9 Å². The number of hydrogen-bond donors (Lipinski definition) is 5. The van der Waals surface area contributed by atoms with E-state index in [1.165, 1.54) is 4.90 Å². The molecule has 3 rings (SSSR count). The molecule has 1 aliphatic heterocycles. The first kappa shape index (κ1) is 30.1. The second-order valence-electron chi connectivity index (χ2n) is 9.85. The minimum Gasteiger partial charge on any atom is -0.481 e. The number of aliphatic carboxylic acids is 1. The number of carboxylic acid groups (broad SMARTS) is 1. The van der Waals surface area contributed by atoms with Gasteiger partial charge in [0.1, 0.15) is 6.54 Å². The number of nitrogens with two attached hydrogens (primary N) is 1. The number of amides is 3. The van der Waals surface area contributed by atoms with Gasteiger partial charge in [0.05, 0.1) is 24.2 Å². The van der Waals surface area contributed by atoms with Gasteiger partial charge in [-0.05, 0) is 61.1 Å². The highest BCUT2D eigenvalue weighted by atomic mass is 16.4. The molecule has 0 unspecified atom stereocenters. The molecule has 11 nitrogen and oxygen atoms in total. The van der Waals surface area contributed by atoms with Gasteiger partial charge in [-0.3, -0.25) is 24.6 Å². The number of anilines is 2. The molecular formula is C29H38N6O5. The number of benzene rings is 2. The molecule has 1 heterocycles. The molecule has 2 aromatic carbocycles. The van der Waals surface area contributed by atoms with Gasteiger partial charge in [0.15, 0.2) is 5.96 Å². The van der Waals surface area contributed by atoms with Crippen molar-refractivity contribution in [1.82, 2.24) is 10.2 Å². The van der Waals surface area contributed by atoms with Crippen LogP contribution in [0.1, 0.15) is 66.9 Å². The normalized spacial score (nSPS) is 13.0. The Morgan fingerprint density at radius 1 is 1.05 bits per heavy atom. The van der Waals surface area contributed by atoms with Crippen LogP contribution in [0.2, 0.25) is 0 Å². The third kappa shape index (κ3) is 8.82. The summed E-state index contributed by atoms with van der Waals surface area (Å²) in [6, 6.07) is 12.7. The van der Waals surface area contributed by atoms with E-state index in [4.69, 9.17) is 11.1 Å². The zero-order valence-corrected chi connectivity index (χ0v) is 22.9. The van der Waals surface area contributed by atoms with Crippen molar-refractivity contribution < 1.29 is 24.3 Å². The van der Waals surface area contributed by atoms with Crippen molar-refractivity contribution in [2.45, 2.75) is 58.4 Å². The molecule has 0 bridgehead atoms. The minimum absolute atomic E-state index is 0.0520. The van der Waals surface area contributed by atoms with Crippen molar-refractivity contribution in [1.29, 1.82) is 5.41 Å². The van der Waals surface area contributed by atoms with Crippen molar-refractivity contribution in [3.8, 4) is 0 Å². The van der Waals surface area contributed by atoms with Gasteiger partial charge in [0.25, 0.3) is 5.91 Å². The first-order valence-electron chi connectivity index (χ1n) is 13.6. The predicted molar refractivity (Wildman–Crippen MR) is 153 cm³/mol. The quantitative estimate of drug-likeness (QED) is 0.137. The van der Waals surface area contributed by atoms with Gasteiger partial charge in [0, 0.05) is 25.2 Å². The van der Waals surface area contributed by atoms with E-state index in [9.17, 15) is 24.3 Å². The lowest BCUT2D eigenvalue weighted by molar-refractivity contribution is -0.137. The van der Waals surface area contributed by atoms with Gasteiger partial charge in [-0.2, -0.15) is 0 Å². The summed E-state index contributed by atoms with van der Waals surface area (Å²) >= 11 is 0. The first-order chi connectivity index (χ1) is 19.2. The molecule has 214 valence electrons. The lowest BCUT2D eigenvalue weighted by atomic mass is 10.0. The van der Waals surface area contributed by atoms with Crippen LogP contribution in [-0.4, -0.2) is 59.3 Å². The molecule has 1 aliphatic rings. The van der Waals surface area contributed by atoms with Crippen molar-refractivity contribution in [3.05, 3.63) is 59.2 Å². The predicted octanol–water partition coefficient (Wildman–Crippen LogP) is 3.08. The molecule has 0 spiro atoms. The van der Waals surface area contributed by atoms with E-state index in [0.717, 1.165) is 43.2 Å². The Labute approximate surface area is 234 Å². The van der Waals surface area contributed by atoms with Crippen LogP contribution in [0, 0.1) is 5.41 Å². The lowest BCUT2D eigenvalue weighted by Crippen LogP contribution is -2.40. The molecular weight excluding hydrogens is 512 g/mol. The topological polar surface area (TPSA) is 169 Å². The highest BCUT2D eigenvalue weighted by Gasteiger charge is 2.32. The Kier molecular flexibility index (Phi) is 11.0. The Morgan fingerprint density at radius 2 is 1.85 bits per heavy atom. The van der Waals surface area contributed by atoms with Gasteiger partial charge in [0.2, 0.25) is 11.8 Å². The number of guanidine groups is 1. The molecule has 2 aromatic rings. The van der Waals surface area contributed by atoms with Crippen LogP contribution in [0.4, 0.5) is 11.4 Å². The second kappa shape index (κ2) is 14.7. The number of nitrogens with zero attached hydrogens (tertiary/aromatic N) is 2. The minimum atomic E-state index is -1.04. The van der Waals surface area contributed by atoms with E-state index >= 15 is 0 Å². The van der Waals surface area contributed by atoms with E-state index < -0.39 is 5.97 Å². The largest absolute Gasteiger partial charge is 0.481 e. The van der Waals surface area contributed by atoms with Crippen LogP contribution >= 0.6 is 0 Å². The van der Waals surface area contributed by atoms with Gasteiger partial charge >= 0.3 is 5.97 Å². The number of carboxylic acids is 1. The SMILES string of the molecule is CCCC(=O)Nc1cccc(CN2C(=O)CN(CCC(=O)O)C(=O)c3cc(CCCCCNC(=N)N)ccc32)c1. The summed E-state index contributed by atoms with van der Waals surface area (Å²) in [7, 11) is 0. The fourth-order valence-corrected chi connectivity index (χ4v) is 4.59. The monoisotopic (exact) mass is 550 g/mol. The first-order valence-corrected chi connectivity index (χ1v) is 13.6. The van der Waals surface area contributed by atoms with Crippen LogP contribution in [-0.2, 0) is 27.3 Å². The molecule has 0 aliphatic carbocycles. The number of hydrogen-bond acceptors (Lipinski definition) is 5. The van der Waals surface area contributed by atoms with E-state index in [-0.39, 0.29) is 49.7 Å². The smallest absolute Gasteiger partial charge is 0.305 e. The van der Waals surface area contributed by atoms with Crippen molar-refractivity contribution in [3.63, 3.8) is 0 Å². The molecule has 11 heteroatoms. The molecule has 0 saturated carbocycles. The summed E-state index contributed by atoms with van der Waals surface area (Å²) in [4.78, 5) is 53.1. The number of aryl methyl sites for hydroxylation is 1. The molecule has 0 radical (unpaired) electrons. The summed E-state index contributed by atoms with van der Waals surface area (Å²) < 4.78 is 0. The molecule has 0 fully saturated rings. The van der Waals surface area contributed by atoms with E-state index in [2.05, 4.69) is 10.6 Å². The van der Waals surface area contributed by atoms with Crippen LogP contribution in [0.15, 0.2) is 42.5 Å². The van der Waals surface area contributed by atoms with Gasteiger partial charge in [-0.1, -0.05) is 31.5 Å². The summed E-state index contributed by atoms with van der Waals surface area (Å²) in [6.45, 7) is 2.44.